The van der Waals surface area contributed by atoms with E-state index in [1.807, 2.05) is 6.07 Å². The number of rotatable bonds is 7. The molecule has 0 heterocycles. The van der Waals surface area contributed by atoms with Crippen molar-refractivity contribution < 1.29 is 4.74 Å². The third-order valence-electron chi connectivity index (χ3n) is 3.27. The molecule has 0 aliphatic rings. The maximum absolute atomic E-state index is 5.78. The van der Waals surface area contributed by atoms with Crippen LogP contribution in [0.1, 0.15) is 11.1 Å². The quantitative estimate of drug-likeness (QED) is 0.763. The van der Waals surface area contributed by atoms with E-state index in [1.54, 1.807) is 0 Å². The number of likely N-dealkylation sites (N-methyl/N-ethyl adjacent to an activating group) is 1. The molecular weight excluding hydrogens is 246 g/mol. The minimum Gasteiger partial charge on any atom is -0.493 e. The normalized spacial score (nSPS) is 10.8. The van der Waals surface area contributed by atoms with Gasteiger partial charge in [0, 0.05) is 13.0 Å². The van der Waals surface area contributed by atoms with Gasteiger partial charge in [-0.15, -0.1) is 0 Å². The lowest BCUT2D eigenvalue weighted by atomic mass is 10.1. The van der Waals surface area contributed by atoms with Crippen LogP contribution in [0.15, 0.2) is 54.6 Å². The van der Waals surface area contributed by atoms with Gasteiger partial charge in [-0.3, -0.25) is 0 Å². The summed E-state index contributed by atoms with van der Waals surface area (Å²) in [6.07, 6.45) is 2.03. The highest BCUT2D eigenvalue weighted by molar-refractivity contribution is 5.27. The van der Waals surface area contributed by atoms with Crippen LogP contribution in [-0.2, 0) is 12.8 Å². The van der Waals surface area contributed by atoms with E-state index in [-0.39, 0.29) is 0 Å². The Balaban J connectivity index is 1.76. The van der Waals surface area contributed by atoms with Gasteiger partial charge in [0.25, 0.3) is 0 Å². The summed E-state index contributed by atoms with van der Waals surface area (Å²) in [5.41, 5.74) is 2.67. The SMILES string of the molecule is CN(C)CCc1ccc(OCCc2ccccc2)cc1. The molecule has 0 saturated heterocycles. The van der Waals surface area contributed by atoms with Crippen molar-refractivity contribution in [1.29, 1.82) is 0 Å². The van der Waals surface area contributed by atoms with Crippen LogP contribution in [0.5, 0.6) is 5.75 Å². The molecule has 0 saturated carbocycles. The number of benzene rings is 2. The summed E-state index contributed by atoms with van der Waals surface area (Å²) < 4.78 is 5.78. The average molecular weight is 269 g/mol. The highest BCUT2D eigenvalue weighted by Crippen LogP contribution is 2.13. The van der Waals surface area contributed by atoms with Crippen molar-refractivity contribution in [2.45, 2.75) is 12.8 Å². The van der Waals surface area contributed by atoms with Crippen molar-refractivity contribution >= 4 is 0 Å². The molecule has 0 aliphatic carbocycles. The maximum Gasteiger partial charge on any atom is 0.119 e. The monoisotopic (exact) mass is 269 g/mol. The van der Waals surface area contributed by atoms with Gasteiger partial charge in [0.1, 0.15) is 5.75 Å². The van der Waals surface area contributed by atoms with E-state index in [2.05, 4.69) is 67.5 Å². The summed E-state index contributed by atoms with van der Waals surface area (Å²) in [6.45, 7) is 1.80. The van der Waals surface area contributed by atoms with Crippen molar-refractivity contribution in [2.75, 3.05) is 27.2 Å². The predicted molar refractivity (Wildman–Crippen MR) is 84.3 cm³/mol. The van der Waals surface area contributed by atoms with Crippen LogP contribution in [0, 0.1) is 0 Å². The molecule has 0 bridgehead atoms. The number of hydrogen-bond donors (Lipinski definition) is 0. The van der Waals surface area contributed by atoms with E-state index in [4.69, 9.17) is 4.74 Å². The topological polar surface area (TPSA) is 12.5 Å². The molecule has 0 aliphatic heterocycles. The van der Waals surface area contributed by atoms with Gasteiger partial charge < -0.3 is 9.64 Å². The molecule has 106 valence electrons. The van der Waals surface area contributed by atoms with Gasteiger partial charge in [-0.2, -0.15) is 0 Å². The predicted octanol–water partition coefficient (Wildman–Crippen LogP) is 3.41. The Hall–Kier alpha value is -1.80. The molecule has 20 heavy (non-hydrogen) atoms. The third-order valence-corrected chi connectivity index (χ3v) is 3.27. The molecule has 2 nitrogen and oxygen atoms in total. The second kappa shape index (κ2) is 7.71. The van der Waals surface area contributed by atoms with E-state index in [9.17, 15) is 0 Å². The van der Waals surface area contributed by atoms with Gasteiger partial charge in [0.05, 0.1) is 6.61 Å². The Morgan fingerprint density at radius 3 is 2.10 bits per heavy atom. The van der Waals surface area contributed by atoms with Crippen molar-refractivity contribution in [2.24, 2.45) is 0 Å². The minimum absolute atomic E-state index is 0.723. The van der Waals surface area contributed by atoms with Crippen LogP contribution in [0.3, 0.4) is 0 Å². The molecule has 0 fully saturated rings. The van der Waals surface area contributed by atoms with Gasteiger partial charge in [0.2, 0.25) is 0 Å². The number of ether oxygens (including phenoxy) is 1. The fourth-order valence-corrected chi connectivity index (χ4v) is 2.04. The van der Waals surface area contributed by atoms with Gasteiger partial charge in [-0.1, -0.05) is 42.5 Å². The fraction of sp³-hybridized carbons (Fsp3) is 0.333. The summed E-state index contributed by atoms with van der Waals surface area (Å²) in [7, 11) is 4.20. The molecule has 0 N–H and O–H groups in total. The Bertz CT molecular complexity index is 491. The fourth-order valence-electron chi connectivity index (χ4n) is 2.04. The lowest BCUT2D eigenvalue weighted by Crippen LogP contribution is -2.14. The Morgan fingerprint density at radius 1 is 0.800 bits per heavy atom. The Morgan fingerprint density at radius 2 is 1.45 bits per heavy atom. The average Bonchev–Trinajstić information content (AvgIpc) is 2.47. The highest BCUT2D eigenvalue weighted by atomic mass is 16.5. The first-order valence-electron chi connectivity index (χ1n) is 7.14. The molecule has 2 heteroatoms. The van der Waals surface area contributed by atoms with Crippen LogP contribution >= 0.6 is 0 Å². The van der Waals surface area contributed by atoms with Crippen molar-refractivity contribution in [1.82, 2.24) is 4.90 Å². The van der Waals surface area contributed by atoms with Gasteiger partial charge in [-0.05, 0) is 43.8 Å². The molecular formula is C18H23NO. The molecule has 0 amide bonds. The zero-order chi connectivity index (χ0) is 14.2. The van der Waals surface area contributed by atoms with Crippen LogP contribution in [0.2, 0.25) is 0 Å². The first kappa shape index (κ1) is 14.6. The lowest BCUT2D eigenvalue weighted by Gasteiger charge is -2.10. The molecule has 0 radical (unpaired) electrons. The maximum atomic E-state index is 5.78. The third kappa shape index (κ3) is 5.06. The first-order chi connectivity index (χ1) is 9.74. The minimum atomic E-state index is 0.723. The summed E-state index contributed by atoms with van der Waals surface area (Å²) >= 11 is 0. The zero-order valence-corrected chi connectivity index (χ0v) is 12.4. The Kier molecular flexibility index (Phi) is 5.63. The number of hydrogen-bond acceptors (Lipinski definition) is 2. The zero-order valence-electron chi connectivity index (χ0n) is 12.4. The number of nitrogens with zero attached hydrogens (tertiary/aromatic N) is 1. The van der Waals surface area contributed by atoms with E-state index >= 15 is 0 Å². The molecule has 0 atom stereocenters. The van der Waals surface area contributed by atoms with Gasteiger partial charge in [0.15, 0.2) is 0 Å². The second-order valence-corrected chi connectivity index (χ2v) is 5.28. The smallest absolute Gasteiger partial charge is 0.119 e. The highest BCUT2D eigenvalue weighted by Gasteiger charge is 1.98. The van der Waals surface area contributed by atoms with Crippen LogP contribution in [0.25, 0.3) is 0 Å². The van der Waals surface area contributed by atoms with E-state index in [0.29, 0.717) is 0 Å². The molecule has 0 aromatic heterocycles. The first-order valence-corrected chi connectivity index (χ1v) is 7.14. The summed E-state index contributed by atoms with van der Waals surface area (Å²) in [5.74, 6) is 0.953. The molecule has 2 aromatic rings. The molecule has 2 aromatic carbocycles. The summed E-state index contributed by atoms with van der Waals surface area (Å²) in [4.78, 5) is 2.20. The standard InChI is InChI=1S/C18H23NO/c1-19(2)14-12-17-8-10-18(11-9-17)20-15-13-16-6-4-3-5-7-16/h3-11H,12-15H2,1-2H3. The molecule has 0 unspecified atom stereocenters. The summed E-state index contributed by atoms with van der Waals surface area (Å²) in [5, 5.41) is 0. The van der Waals surface area contributed by atoms with E-state index < -0.39 is 0 Å². The summed E-state index contributed by atoms with van der Waals surface area (Å²) in [6, 6.07) is 18.9. The lowest BCUT2D eigenvalue weighted by molar-refractivity contribution is 0.322. The Labute approximate surface area is 122 Å². The van der Waals surface area contributed by atoms with Gasteiger partial charge in [-0.25, -0.2) is 0 Å². The van der Waals surface area contributed by atoms with Gasteiger partial charge >= 0.3 is 0 Å². The largest absolute Gasteiger partial charge is 0.493 e. The second-order valence-electron chi connectivity index (χ2n) is 5.28. The molecule has 0 spiro atoms. The van der Waals surface area contributed by atoms with E-state index in [0.717, 1.165) is 31.7 Å². The van der Waals surface area contributed by atoms with Crippen molar-refractivity contribution in [3.8, 4) is 5.75 Å². The van der Waals surface area contributed by atoms with Crippen LogP contribution in [0.4, 0.5) is 0 Å². The van der Waals surface area contributed by atoms with Crippen molar-refractivity contribution in [3.63, 3.8) is 0 Å². The van der Waals surface area contributed by atoms with Crippen LogP contribution < -0.4 is 4.74 Å². The van der Waals surface area contributed by atoms with Crippen molar-refractivity contribution in [3.05, 3.63) is 65.7 Å². The van der Waals surface area contributed by atoms with E-state index in [1.165, 1.54) is 11.1 Å². The van der Waals surface area contributed by atoms with Crippen LogP contribution in [-0.4, -0.2) is 32.1 Å². The molecule has 2 rings (SSSR count).